The maximum Gasteiger partial charge on any atom is 0.100 e. The SMILES string of the molecule is N#Cc1c2ccccc2cc2ccccc12.OCc1c2ccccc2cc2ccccc12.c1ccc2cc3ccccc3cc2c1. The van der Waals surface area contributed by atoms with Gasteiger partial charge in [0.15, 0.2) is 0 Å². The van der Waals surface area contributed by atoms with Crippen LogP contribution in [0.25, 0.3) is 64.6 Å². The van der Waals surface area contributed by atoms with Crippen molar-refractivity contribution in [3.63, 3.8) is 0 Å². The molecular formula is C44H31NO. The minimum atomic E-state index is 0.0852. The minimum absolute atomic E-state index is 0.0852. The first-order chi connectivity index (χ1) is 22.7. The van der Waals surface area contributed by atoms with Gasteiger partial charge in [-0.15, -0.1) is 0 Å². The topological polar surface area (TPSA) is 44.0 Å². The summed E-state index contributed by atoms with van der Waals surface area (Å²) in [5, 5.41) is 33.0. The first-order valence-electron chi connectivity index (χ1n) is 15.4. The molecule has 0 unspecified atom stereocenters. The van der Waals surface area contributed by atoms with Crippen LogP contribution >= 0.6 is 0 Å². The number of fused-ring (bicyclic) bond motifs is 6. The Kier molecular flexibility index (Phi) is 8.07. The molecule has 0 aromatic heterocycles. The van der Waals surface area contributed by atoms with Gasteiger partial charge in [-0.3, -0.25) is 0 Å². The summed E-state index contributed by atoms with van der Waals surface area (Å²) < 4.78 is 0. The number of hydrogen-bond donors (Lipinski definition) is 1. The largest absolute Gasteiger partial charge is 0.392 e. The Bertz CT molecular complexity index is 2330. The number of benzene rings is 9. The van der Waals surface area contributed by atoms with Crippen molar-refractivity contribution in [2.45, 2.75) is 6.61 Å². The van der Waals surface area contributed by atoms with Gasteiger partial charge in [-0.05, 0) is 83.7 Å². The highest BCUT2D eigenvalue weighted by Gasteiger charge is 2.06. The van der Waals surface area contributed by atoms with Gasteiger partial charge in [0.2, 0.25) is 0 Å². The highest BCUT2D eigenvalue weighted by Crippen LogP contribution is 2.29. The van der Waals surface area contributed by atoms with Crippen LogP contribution in [0.1, 0.15) is 11.1 Å². The van der Waals surface area contributed by atoms with Crippen molar-refractivity contribution in [3.8, 4) is 6.07 Å². The van der Waals surface area contributed by atoms with Gasteiger partial charge in [0.1, 0.15) is 6.07 Å². The van der Waals surface area contributed by atoms with Crippen molar-refractivity contribution >= 4 is 64.6 Å². The Labute approximate surface area is 268 Å². The van der Waals surface area contributed by atoms with E-state index in [9.17, 15) is 10.4 Å². The molecule has 0 aliphatic heterocycles. The van der Waals surface area contributed by atoms with Crippen molar-refractivity contribution in [1.29, 1.82) is 5.26 Å². The Balaban J connectivity index is 0.000000110. The van der Waals surface area contributed by atoms with Crippen LogP contribution in [0.4, 0.5) is 0 Å². The van der Waals surface area contributed by atoms with Crippen LogP contribution in [-0.4, -0.2) is 5.11 Å². The Morgan fingerprint density at radius 1 is 0.370 bits per heavy atom. The van der Waals surface area contributed by atoms with Crippen molar-refractivity contribution in [2.75, 3.05) is 0 Å². The van der Waals surface area contributed by atoms with E-state index in [2.05, 4.69) is 103 Å². The number of rotatable bonds is 1. The van der Waals surface area contributed by atoms with Gasteiger partial charge in [-0.25, -0.2) is 0 Å². The van der Waals surface area contributed by atoms with Crippen LogP contribution in [0.2, 0.25) is 0 Å². The van der Waals surface area contributed by atoms with E-state index >= 15 is 0 Å². The van der Waals surface area contributed by atoms with E-state index in [1.54, 1.807) is 0 Å². The van der Waals surface area contributed by atoms with Gasteiger partial charge in [0.05, 0.1) is 12.2 Å². The molecule has 0 spiro atoms. The molecule has 0 aliphatic carbocycles. The number of hydrogen-bond acceptors (Lipinski definition) is 2. The molecule has 1 N–H and O–H groups in total. The van der Waals surface area contributed by atoms with Gasteiger partial charge in [0.25, 0.3) is 0 Å². The Morgan fingerprint density at radius 3 is 0.957 bits per heavy atom. The quantitative estimate of drug-likeness (QED) is 0.194. The van der Waals surface area contributed by atoms with Crippen LogP contribution in [-0.2, 0) is 6.61 Å². The molecule has 0 heterocycles. The molecule has 46 heavy (non-hydrogen) atoms. The number of nitrogens with zero attached hydrogens (tertiary/aromatic N) is 1. The van der Waals surface area contributed by atoms with Gasteiger partial charge < -0.3 is 5.11 Å². The summed E-state index contributed by atoms with van der Waals surface area (Å²) in [5.74, 6) is 0. The van der Waals surface area contributed by atoms with Crippen molar-refractivity contribution in [1.82, 2.24) is 0 Å². The normalized spacial score (nSPS) is 10.8. The molecule has 9 rings (SSSR count). The molecule has 0 amide bonds. The van der Waals surface area contributed by atoms with E-state index in [-0.39, 0.29) is 6.61 Å². The third-order valence-electron chi connectivity index (χ3n) is 8.54. The molecule has 2 nitrogen and oxygen atoms in total. The molecule has 0 saturated carbocycles. The van der Waals surface area contributed by atoms with Crippen LogP contribution in [0.3, 0.4) is 0 Å². The predicted octanol–water partition coefficient (Wildman–Crippen LogP) is 11.3. The second-order valence-corrected chi connectivity index (χ2v) is 11.3. The lowest BCUT2D eigenvalue weighted by atomic mass is 9.97. The molecule has 0 radical (unpaired) electrons. The molecule has 218 valence electrons. The lowest BCUT2D eigenvalue weighted by molar-refractivity contribution is 0.285. The van der Waals surface area contributed by atoms with Crippen LogP contribution in [0.5, 0.6) is 0 Å². The fraction of sp³-hybridized carbons (Fsp3) is 0.0227. The van der Waals surface area contributed by atoms with E-state index in [0.717, 1.165) is 43.4 Å². The van der Waals surface area contributed by atoms with Crippen molar-refractivity contribution in [2.24, 2.45) is 0 Å². The lowest BCUT2D eigenvalue weighted by Crippen LogP contribution is -1.88. The van der Waals surface area contributed by atoms with E-state index in [0.29, 0.717) is 0 Å². The fourth-order valence-electron chi connectivity index (χ4n) is 6.30. The lowest BCUT2D eigenvalue weighted by Gasteiger charge is -2.08. The Hall–Kier alpha value is -6.01. The smallest absolute Gasteiger partial charge is 0.100 e. The van der Waals surface area contributed by atoms with Crippen LogP contribution < -0.4 is 0 Å². The van der Waals surface area contributed by atoms with Crippen molar-refractivity contribution in [3.05, 3.63) is 181 Å². The molecule has 0 fully saturated rings. The molecule has 2 heteroatoms. The summed E-state index contributed by atoms with van der Waals surface area (Å²) in [7, 11) is 0. The van der Waals surface area contributed by atoms with E-state index in [1.165, 1.54) is 32.3 Å². The highest BCUT2D eigenvalue weighted by molar-refractivity contribution is 6.04. The Morgan fingerprint density at radius 2 is 0.630 bits per heavy atom. The average Bonchev–Trinajstić information content (AvgIpc) is 3.12. The maximum atomic E-state index is 9.53. The van der Waals surface area contributed by atoms with E-state index in [4.69, 9.17) is 0 Å². The standard InChI is InChI=1S/C15H9N.C15H12O.C14H10/c2*16-10-15-13-7-3-1-5-11(13)9-12-6-2-4-8-14(12)15;1-2-6-12-10-14-8-4-3-7-13(14)9-11(12)5-1/h1-9H;1-9,16H,10H2;1-10H. The summed E-state index contributed by atoms with van der Waals surface area (Å²) in [5.41, 5.74) is 1.79. The monoisotopic (exact) mass is 589 g/mol. The zero-order chi connectivity index (χ0) is 31.3. The van der Waals surface area contributed by atoms with Gasteiger partial charge in [-0.2, -0.15) is 5.26 Å². The van der Waals surface area contributed by atoms with Gasteiger partial charge in [0, 0.05) is 10.8 Å². The number of nitriles is 1. The van der Waals surface area contributed by atoms with E-state index in [1.807, 2.05) is 72.8 Å². The molecule has 0 bridgehead atoms. The average molecular weight is 590 g/mol. The third-order valence-corrected chi connectivity index (χ3v) is 8.54. The molecule has 0 aliphatic rings. The van der Waals surface area contributed by atoms with Gasteiger partial charge in [-0.1, -0.05) is 146 Å². The summed E-state index contributed by atoms with van der Waals surface area (Å²) in [6.45, 7) is 0.0852. The predicted molar refractivity (Wildman–Crippen MR) is 195 cm³/mol. The number of aliphatic hydroxyl groups excluding tert-OH is 1. The summed E-state index contributed by atoms with van der Waals surface area (Å²) in [4.78, 5) is 0. The summed E-state index contributed by atoms with van der Waals surface area (Å²) >= 11 is 0. The molecule has 9 aromatic carbocycles. The second kappa shape index (κ2) is 12.9. The minimum Gasteiger partial charge on any atom is -0.392 e. The van der Waals surface area contributed by atoms with Crippen LogP contribution in [0.15, 0.2) is 170 Å². The summed E-state index contributed by atoms with van der Waals surface area (Å²) in [6, 6.07) is 60.4. The third kappa shape index (κ3) is 5.64. The fourth-order valence-corrected chi connectivity index (χ4v) is 6.30. The molecule has 0 atom stereocenters. The first-order valence-corrected chi connectivity index (χ1v) is 15.4. The number of aliphatic hydroxyl groups is 1. The highest BCUT2D eigenvalue weighted by atomic mass is 16.3. The maximum absolute atomic E-state index is 9.53. The second-order valence-electron chi connectivity index (χ2n) is 11.3. The van der Waals surface area contributed by atoms with Crippen LogP contribution in [0, 0.1) is 11.3 Å². The van der Waals surface area contributed by atoms with E-state index < -0.39 is 0 Å². The van der Waals surface area contributed by atoms with Gasteiger partial charge >= 0.3 is 0 Å². The summed E-state index contributed by atoms with van der Waals surface area (Å²) in [6.07, 6.45) is 0. The molecule has 0 saturated heterocycles. The first kappa shape index (κ1) is 28.7. The zero-order valence-electron chi connectivity index (χ0n) is 25.3. The zero-order valence-corrected chi connectivity index (χ0v) is 25.3. The molecule has 9 aromatic rings. The van der Waals surface area contributed by atoms with Crippen molar-refractivity contribution < 1.29 is 5.11 Å². The molecular weight excluding hydrogens is 558 g/mol.